The minimum atomic E-state index is 0.370. The molecule has 0 spiro atoms. The van der Waals surface area contributed by atoms with Crippen LogP contribution in [-0.4, -0.2) is 24.1 Å². The molecule has 1 aliphatic heterocycles. The van der Waals surface area contributed by atoms with Gasteiger partial charge in [0.05, 0.1) is 6.10 Å². The van der Waals surface area contributed by atoms with E-state index in [1.807, 2.05) is 0 Å². The van der Waals surface area contributed by atoms with Crippen molar-refractivity contribution >= 4 is 10.8 Å². The monoisotopic (exact) mass is 427 g/mol. The minimum Gasteiger partial charge on any atom is -0.490 e. The molecule has 32 heavy (non-hydrogen) atoms. The van der Waals surface area contributed by atoms with Crippen LogP contribution >= 0.6 is 0 Å². The van der Waals surface area contributed by atoms with E-state index in [1.54, 1.807) is 0 Å². The predicted molar refractivity (Wildman–Crippen MR) is 134 cm³/mol. The van der Waals surface area contributed by atoms with Gasteiger partial charge in [-0.3, -0.25) is 4.90 Å². The van der Waals surface area contributed by atoms with Gasteiger partial charge in [0, 0.05) is 25.6 Å². The van der Waals surface area contributed by atoms with E-state index in [-0.39, 0.29) is 0 Å². The number of fused-ring (bicyclic) bond motifs is 1. The summed E-state index contributed by atoms with van der Waals surface area (Å²) in [5.74, 6) is 2.54. The van der Waals surface area contributed by atoms with Crippen LogP contribution in [0.2, 0.25) is 0 Å². The van der Waals surface area contributed by atoms with Crippen LogP contribution in [0.4, 0.5) is 0 Å². The van der Waals surface area contributed by atoms with Crippen molar-refractivity contribution in [2.24, 2.45) is 11.3 Å². The third kappa shape index (κ3) is 4.86. The first kappa shape index (κ1) is 21.5. The van der Waals surface area contributed by atoms with Crippen molar-refractivity contribution in [3.63, 3.8) is 0 Å². The van der Waals surface area contributed by atoms with Crippen molar-refractivity contribution in [1.29, 1.82) is 0 Å². The molecule has 168 valence electrons. The summed E-state index contributed by atoms with van der Waals surface area (Å²) in [4.78, 5) is 2.55. The van der Waals surface area contributed by atoms with E-state index in [4.69, 9.17) is 4.74 Å². The molecule has 0 bridgehead atoms. The fourth-order valence-corrected chi connectivity index (χ4v) is 5.58. The Morgan fingerprint density at radius 2 is 1.50 bits per heavy atom. The highest BCUT2D eigenvalue weighted by Crippen LogP contribution is 2.39. The lowest BCUT2D eigenvalue weighted by Gasteiger charge is -2.39. The Balaban J connectivity index is 1.16. The Bertz CT molecular complexity index is 1040. The van der Waals surface area contributed by atoms with Gasteiger partial charge in [0.2, 0.25) is 0 Å². The second-order valence-corrected chi connectivity index (χ2v) is 11.1. The summed E-state index contributed by atoms with van der Waals surface area (Å²) in [6.07, 6.45) is 5.30. The summed E-state index contributed by atoms with van der Waals surface area (Å²) in [6, 6.07) is 24.4. The van der Waals surface area contributed by atoms with Gasteiger partial charge >= 0.3 is 0 Å². The van der Waals surface area contributed by atoms with Crippen molar-refractivity contribution in [2.75, 3.05) is 13.1 Å². The van der Waals surface area contributed by atoms with Crippen molar-refractivity contribution in [1.82, 2.24) is 4.90 Å². The van der Waals surface area contributed by atoms with E-state index >= 15 is 0 Å². The third-order valence-corrected chi connectivity index (χ3v) is 7.71. The van der Waals surface area contributed by atoms with Crippen molar-refractivity contribution < 1.29 is 4.74 Å². The Hall–Kier alpha value is -2.32. The van der Waals surface area contributed by atoms with Crippen LogP contribution in [0.25, 0.3) is 10.8 Å². The molecule has 1 saturated carbocycles. The summed E-state index contributed by atoms with van der Waals surface area (Å²) in [5.41, 5.74) is 3.30. The Labute approximate surface area is 193 Å². The first-order valence-corrected chi connectivity index (χ1v) is 12.4. The minimum absolute atomic E-state index is 0.370. The zero-order valence-electron chi connectivity index (χ0n) is 19.9. The fraction of sp³-hybridized carbons (Fsp3) is 0.467. The average Bonchev–Trinajstić information content (AvgIpc) is 2.76. The van der Waals surface area contributed by atoms with Crippen molar-refractivity contribution in [3.8, 4) is 5.75 Å². The number of hydrogen-bond donors (Lipinski definition) is 0. The van der Waals surface area contributed by atoms with Gasteiger partial charge in [0.15, 0.2) is 0 Å². The highest BCUT2D eigenvalue weighted by molar-refractivity contribution is 5.84. The highest BCUT2D eigenvalue weighted by atomic mass is 16.5. The molecular formula is C30H37NO. The SMILES string of the molecule is CC(C)(C)C1CCC(Oc2ccc3cc(CN4CC(c5ccccc5)C4)ccc3c2)CC1. The molecule has 2 heteroatoms. The molecule has 0 unspecified atom stereocenters. The quantitative estimate of drug-likeness (QED) is 0.420. The van der Waals surface area contributed by atoms with E-state index in [1.165, 1.54) is 47.6 Å². The lowest BCUT2D eigenvalue weighted by molar-refractivity contribution is 0.0883. The van der Waals surface area contributed by atoms with Crippen LogP contribution in [0.1, 0.15) is 63.5 Å². The summed E-state index contributed by atoms with van der Waals surface area (Å²) in [7, 11) is 0. The van der Waals surface area contributed by atoms with Gasteiger partial charge in [-0.25, -0.2) is 0 Å². The van der Waals surface area contributed by atoms with Gasteiger partial charge in [-0.2, -0.15) is 0 Å². The Morgan fingerprint density at radius 1 is 0.812 bits per heavy atom. The van der Waals surface area contributed by atoms with Gasteiger partial charge in [-0.15, -0.1) is 0 Å². The predicted octanol–water partition coefficient (Wildman–Crippen LogP) is 7.42. The normalized spacial score (nSPS) is 22.6. The molecule has 1 saturated heterocycles. The van der Waals surface area contributed by atoms with E-state index in [0.29, 0.717) is 17.4 Å². The van der Waals surface area contributed by atoms with Gasteiger partial charge in [-0.1, -0.05) is 69.3 Å². The molecule has 3 aromatic carbocycles. The van der Waals surface area contributed by atoms with Crippen LogP contribution in [0, 0.1) is 11.3 Å². The molecule has 0 amide bonds. The molecule has 2 fully saturated rings. The zero-order chi connectivity index (χ0) is 22.1. The number of benzene rings is 3. The number of rotatable bonds is 5. The largest absolute Gasteiger partial charge is 0.490 e. The van der Waals surface area contributed by atoms with Crippen LogP contribution < -0.4 is 4.74 Å². The van der Waals surface area contributed by atoms with E-state index in [2.05, 4.69) is 92.4 Å². The maximum Gasteiger partial charge on any atom is 0.120 e. The first-order chi connectivity index (χ1) is 15.4. The number of likely N-dealkylation sites (tertiary alicyclic amines) is 1. The van der Waals surface area contributed by atoms with Crippen molar-refractivity contribution in [2.45, 2.75) is 65.0 Å². The van der Waals surface area contributed by atoms with E-state index in [9.17, 15) is 0 Å². The molecule has 1 heterocycles. The number of nitrogens with zero attached hydrogens (tertiary/aromatic N) is 1. The van der Waals surface area contributed by atoms with Gasteiger partial charge in [0.1, 0.15) is 5.75 Å². The summed E-state index contributed by atoms with van der Waals surface area (Å²) < 4.78 is 6.39. The third-order valence-electron chi connectivity index (χ3n) is 7.71. The van der Waals surface area contributed by atoms with Crippen LogP contribution in [-0.2, 0) is 6.54 Å². The molecular weight excluding hydrogens is 390 g/mol. The maximum absolute atomic E-state index is 6.39. The fourth-order valence-electron chi connectivity index (χ4n) is 5.58. The van der Waals surface area contributed by atoms with Crippen LogP contribution in [0.3, 0.4) is 0 Å². The van der Waals surface area contributed by atoms with Gasteiger partial charge in [0.25, 0.3) is 0 Å². The smallest absolute Gasteiger partial charge is 0.120 e. The maximum atomic E-state index is 6.39. The van der Waals surface area contributed by atoms with Crippen LogP contribution in [0.5, 0.6) is 5.75 Å². The molecule has 2 aliphatic rings. The molecule has 0 N–H and O–H groups in total. The lowest BCUT2D eigenvalue weighted by atomic mass is 9.72. The summed E-state index contributed by atoms with van der Waals surface area (Å²) >= 11 is 0. The lowest BCUT2D eigenvalue weighted by Crippen LogP contribution is -2.44. The van der Waals surface area contributed by atoms with E-state index < -0.39 is 0 Å². The highest BCUT2D eigenvalue weighted by Gasteiger charge is 2.30. The first-order valence-electron chi connectivity index (χ1n) is 12.4. The molecule has 0 atom stereocenters. The molecule has 0 aromatic heterocycles. The summed E-state index contributed by atoms with van der Waals surface area (Å²) in [5, 5.41) is 2.59. The number of ether oxygens (including phenoxy) is 1. The second kappa shape index (κ2) is 8.90. The summed E-state index contributed by atoms with van der Waals surface area (Å²) in [6.45, 7) is 10.5. The molecule has 0 radical (unpaired) electrons. The zero-order valence-corrected chi connectivity index (χ0v) is 19.9. The average molecular weight is 428 g/mol. The van der Waals surface area contributed by atoms with Gasteiger partial charge in [-0.05, 0) is 77.1 Å². The van der Waals surface area contributed by atoms with E-state index in [0.717, 1.165) is 31.3 Å². The topological polar surface area (TPSA) is 12.5 Å². The molecule has 2 nitrogen and oxygen atoms in total. The van der Waals surface area contributed by atoms with Gasteiger partial charge < -0.3 is 4.74 Å². The molecule has 5 rings (SSSR count). The molecule has 3 aromatic rings. The Kier molecular flexibility index (Phi) is 5.99. The van der Waals surface area contributed by atoms with Crippen LogP contribution in [0.15, 0.2) is 66.7 Å². The molecule has 1 aliphatic carbocycles. The standard InChI is InChI=1S/C30H37NO/c1-30(2,3)27-12-15-28(16-13-27)32-29-14-11-24-17-22(9-10-25(24)18-29)19-31-20-26(21-31)23-7-5-4-6-8-23/h4-11,14,17-18,26-28H,12-13,15-16,19-21H2,1-3H3. The van der Waals surface area contributed by atoms with Crippen molar-refractivity contribution in [3.05, 3.63) is 77.9 Å². The number of hydrogen-bond acceptors (Lipinski definition) is 2. The Morgan fingerprint density at radius 3 is 2.22 bits per heavy atom. The second-order valence-electron chi connectivity index (χ2n) is 11.1.